The van der Waals surface area contributed by atoms with E-state index in [1.807, 2.05) is 0 Å². The molecule has 0 atom stereocenters. The topological polar surface area (TPSA) is 75.6 Å². The first kappa shape index (κ1) is 23.6. The Morgan fingerprint density at radius 2 is 1.87 bits per heavy atom. The van der Waals surface area contributed by atoms with Crippen molar-refractivity contribution in [2.24, 2.45) is 11.1 Å². The molecule has 6 nitrogen and oxygen atoms in total. The molecule has 196 valence electrons. The van der Waals surface area contributed by atoms with E-state index < -0.39 is 0 Å². The summed E-state index contributed by atoms with van der Waals surface area (Å²) in [7, 11) is 0. The maximum Gasteiger partial charge on any atom is 0.315 e. The fourth-order valence-corrected chi connectivity index (χ4v) is 6.86. The lowest BCUT2D eigenvalue weighted by Gasteiger charge is -2.50. The summed E-state index contributed by atoms with van der Waals surface area (Å²) < 4.78 is 5.93. The Labute approximate surface area is 224 Å². The van der Waals surface area contributed by atoms with Gasteiger partial charge in [-0.2, -0.15) is 0 Å². The number of nitrogens with zero attached hydrogens (tertiary/aromatic N) is 3. The second-order valence-electron chi connectivity index (χ2n) is 12.0. The van der Waals surface area contributed by atoms with Crippen LogP contribution in [0.4, 0.5) is 10.5 Å². The minimum Gasteiger partial charge on any atom is -0.371 e. The molecule has 3 fully saturated rings. The Morgan fingerprint density at radius 3 is 2.61 bits per heavy atom. The fourth-order valence-electron chi connectivity index (χ4n) is 6.86. The summed E-state index contributed by atoms with van der Waals surface area (Å²) in [4.78, 5) is 15.8. The molecule has 4 aliphatic rings. The van der Waals surface area contributed by atoms with Gasteiger partial charge in [0.15, 0.2) is 0 Å². The number of benzene rings is 2. The van der Waals surface area contributed by atoms with Crippen LogP contribution in [0.15, 0.2) is 52.6 Å². The van der Waals surface area contributed by atoms with E-state index in [-0.39, 0.29) is 6.03 Å². The van der Waals surface area contributed by atoms with Crippen LogP contribution in [0.25, 0.3) is 17.3 Å². The number of carbonyl (C=O) groups excluding carboxylic acids is 1. The average Bonchev–Trinajstić information content (AvgIpc) is 3.68. The van der Waals surface area contributed by atoms with Gasteiger partial charge in [0.1, 0.15) is 11.5 Å². The number of aryl methyl sites for hydroxylation is 1. The maximum absolute atomic E-state index is 11.6. The normalized spacial score (nSPS) is 20.3. The van der Waals surface area contributed by atoms with Crippen molar-refractivity contribution < 1.29 is 9.32 Å². The monoisotopic (exact) mass is 508 g/mol. The van der Waals surface area contributed by atoms with E-state index in [1.165, 1.54) is 72.0 Å². The van der Waals surface area contributed by atoms with E-state index in [1.54, 1.807) is 10.5 Å². The SMILES string of the molecule is Cc1ccccc1-c1noc(C2CC2)c1C=C1CC2(CCN(c3ccc4c(c3)CCN(C(N)=O)C4)CC2)C1. The van der Waals surface area contributed by atoms with Crippen LogP contribution in [-0.4, -0.2) is 35.7 Å². The molecule has 3 aromatic rings. The molecule has 2 aromatic carbocycles. The maximum atomic E-state index is 11.6. The van der Waals surface area contributed by atoms with Crippen LogP contribution < -0.4 is 10.6 Å². The number of amides is 2. The number of urea groups is 1. The van der Waals surface area contributed by atoms with Crippen LogP contribution in [0.5, 0.6) is 0 Å². The minimum absolute atomic E-state index is 0.325. The van der Waals surface area contributed by atoms with Gasteiger partial charge in [-0.05, 0) is 92.2 Å². The quantitative estimate of drug-likeness (QED) is 0.441. The number of carbonyl (C=O) groups is 1. The van der Waals surface area contributed by atoms with Crippen molar-refractivity contribution in [1.82, 2.24) is 10.1 Å². The van der Waals surface area contributed by atoms with Gasteiger partial charge in [0.05, 0.1) is 0 Å². The number of rotatable bonds is 4. The van der Waals surface area contributed by atoms with Gasteiger partial charge in [0.2, 0.25) is 0 Å². The van der Waals surface area contributed by atoms with Crippen molar-refractivity contribution in [2.45, 2.75) is 64.3 Å². The number of aromatic nitrogens is 1. The molecule has 1 spiro atoms. The number of hydrogen-bond donors (Lipinski definition) is 1. The fraction of sp³-hybridized carbons (Fsp3) is 0.438. The molecule has 2 saturated carbocycles. The highest BCUT2D eigenvalue weighted by Crippen LogP contribution is 2.54. The van der Waals surface area contributed by atoms with Crippen molar-refractivity contribution in [3.05, 3.63) is 76.1 Å². The van der Waals surface area contributed by atoms with Crippen molar-refractivity contribution in [3.63, 3.8) is 0 Å². The van der Waals surface area contributed by atoms with Gasteiger partial charge in [0.25, 0.3) is 0 Å². The number of fused-ring (bicyclic) bond motifs is 1. The second kappa shape index (κ2) is 9.04. The summed E-state index contributed by atoms with van der Waals surface area (Å²) in [5, 5.41) is 4.56. The summed E-state index contributed by atoms with van der Waals surface area (Å²) in [5.74, 6) is 1.64. The molecular formula is C32H36N4O2. The number of hydrogen-bond acceptors (Lipinski definition) is 4. The number of piperidine rings is 1. The lowest BCUT2D eigenvalue weighted by molar-refractivity contribution is 0.155. The summed E-state index contributed by atoms with van der Waals surface area (Å²) in [6.45, 7) is 5.71. The summed E-state index contributed by atoms with van der Waals surface area (Å²) in [6, 6.07) is 14.9. The molecule has 7 rings (SSSR count). The van der Waals surface area contributed by atoms with Crippen molar-refractivity contribution in [2.75, 3.05) is 24.5 Å². The van der Waals surface area contributed by atoms with Crippen LogP contribution >= 0.6 is 0 Å². The highest BCUT2D eigenvalue weighted by molar-refractivity contribution is 5.76. The van der Waals surface area contributed by atoms with Crippen molar-refractivity contribution >= 4 is 17.8 Å². The van der Waals surface area contributed by atoms with Gasteiger partial charge in [-0.3, -0.25) is 0 Å². The Morgan fingerprint density at radius 1 is 1.08 bits per heavy atom. The summed E-state index contributed by atoms with van der Waals surface area (Å²) >= 11 is 0. The largest absolute Gasteiger partial charge is 0.371 e. The summed E-state index contributed by atoms with van der Waals surface area (Å²) in [6.07, 6.45) is 10.6. The van der Waals surface area contributed by atoms with E-state index >= 15 is 0 Å². The molecule has 0 unspecified atom stereocenters. The number of nitrogens with two attached hydrogens (primary N) is 1. The molecule has 2 N–H and O–H groups in total. The molecule has 6 heteroatoms. The molecule has 0 bridgehead atoms. The van der Waals surface area contributed by atoms with Gasteiger partial charge in [0, 0.05) is 48.9 Å². The first-order chi connectivity index (χ1) is 18.5. The Balaban J connectivity index is 1.04. The van der Waals surface area contributed by atoms with Crippen LogP contribution in [0.1, 0.15) is 72.5 Å². The Kier molecular flexibility index (Phi) is 5.60. The third-order valence-corrected chi connectivity index (χ3v) is 9.36. The first-order valence-electron chi connectivity index (χ1n) is 14.1. The number of primary amides is 1. The minimum atomic E-state index is -0.325. The average molecular weight is 509 g/mol. The first-order valence-corrected chi connectivity index (χ1v) is 14.1. The van der Waals surface area contributed by atoms with E-state index in [4.69, 9.17) is 10.3 Å². The molecule has 3 heterocycles. The Bertz CT molecular complexity index is 1410. The molecule has 38 heavy (non-hydrogen) atoms. The number of allylic oxidation sites excluding steroid dienone is 1. The highest BCUT2D eigenvalue weighted by atomic mass is 16.5. The van der Waals surface area contributed by atoms with Crippen LogP contribution in [0, 0.1) is 12.3 Å². The van der Waals surface area contributed by atoms with Crippen molar-refractivity contribution in [1.29, 1.82) is 0 Å². The second-order valence-corrected chi connectivity index (χ2v) is 12.0. The molecular weight excluding hydrogens is 472 g/mol. The lowest BCUT2D eigenvalue weighted by Crippen LogP contribution is -2.44. The summed E-state index contributed by atoms with van der Waals surface area (Å²) in [5.41, 5.74) is 16.1. The molecule has 2 amide bonds. The van der Waals surface area contributed by atoms with E-state index in [0.717, 1.165) is 31.0 Å². The molecule has 1 saturated heterocycles. The zero-order chi connectivity index (χ0) is 25.9. The molecule has 2 aliphatic heterocycles. The third-order valence-electron chi connectivity index (χ3n) is 9.36. The zero-order valence-electron chi connectivity index (χ0n) is 22.2. The zero-order valence-corrected chi connectivity index (χ0v) is 22.2. The predicted octanol–water partition coefficient (Wildman–Crippen LogP) is 6.43. The Hall–Kier alpha value is -3.54. The third kappa shape index (κ3) is 4.20. The van der Waals surface area contributed by atoms with Crippen LogP contribution in [0.3, 0.4) is 0 Å². The predicted molar refractivity (Wildman–Crippen MR) is 150 cm³/mol. The van der Waals surface area contributed by atoms with E-state index in [9.17, 15) is 4.79 Å². The number of anilines is 1. The van der Waals surface area contributed by atoms with Crippen LogP contribution in [-0.2, 0) is 13.0 Å². The van der Waals surface area contributed by atoms with Gasteiger partial charge >= 0.3 is 6.03 Å². The molecule has 0 radical (unpaired) electrons. The van der Waals surface area contributed by atoms with Crippen molar-refractivity contribution in [3.8, 4) is 11.3 Å². The standard InChI is InChI=1S/C32H36N4O2/c1-21-4-2-3-5-27(21)29-28(30(38-34-29)23-6-7-23)16-22-18-32(19-22)11-14-35(15-12-32)26-9-8-25-20-36(31(33)37)13-10-24(25)17-26/h2-5,8-9,16-17,23H,6-7,10-15,18-20H2,1H3,(H2,33,37). The highest BCUT2D eigenvalue weighted by Gasteiger charge is 2.43. The van der Waals surface area contributed by atoms with Gasteiger partial charge in [-0.1, -0.05) is 41.1 Å². The van der Waals surface area contributed by atoms with Gasteiger partial charge < -0.3 is 20.1 Å². The lowest BCUT2D eigenvalue weighted by atomic mass is 9.60. The van der Waals surface area contributed by atoms with E-state index in [0.29, 0.717) is 24.4 Å². The smallest absolute Gasteiger partial charge is 0.315 e. The molecule has 1 aromatic heterocycles. The van der Waals surface area contributed by atoms with Gasteiger partial charge in [-0.25, -0.2) is 4.79 Å². The van der Waals surface area contributed by atoms with Crippen LogP contribution in [0.2, 0.25) is 0 Å². The van der Waals surface area contributed by atoms with E-state index in [2.05, 4.69) is 65.5 Å². The molecule has 2 aliphatic carbocycles. The van der Waals surface area contributed by atoms with Gasteiger partial charge in [-0.15, -0.1) is 0 Å².